The minimum Gasteiger partial charge on any atom is -0.360 e. The van der Waals surface area contributed by atoms with Crippen LogP contribution in [0.2, 0.25) is 0 Å². The van der Waals surface area contributed by atoms with Gasteiger partial charge in [0.15, 0.2) is 5.76 Å². The van der Waals surface area contributed by atoms with Crippen LogP contribution >= 0.6 is 0 Å². The van der Waals surface area contributed by atoms with Gasteiger partial charge in [-0.25, -0.2) is 4.39 Å². The fourth-order valence-corrected chi connectivity index (χ4v) is 1.58. The summed E-state index contributed by atoms with van der Waals surface area (Å²) in [7, 11) is 0. The Morgan fingerprint density at radius 2 is 2.06 bits per heavy atom. The number of nitrogens with zero attached hydrogens (tertiary/aromatic N) is 1. The topological polar surface area (TPSA) is 38.1 Å². The van der Waals surface area contributed by atoms with E-state index >= 15 is 0 Å². The van der Waals surface area contributed by atoms with Crippen molar-refractivity contribution in [3.05, 3.63) is 52.7 Å². The van der Waals surface area contributed by atoms with E-state index in [4.69, 9.17) is 4.52 Å². The molecular weight excluding hydrogens is 219 g/mol. The van der Waals surface area contributed by atoms with Crippen molar-refractivity contribution in [2.45, 2.75) is 26.9 Å². The summed E-state index contributed by atoms with van der Waals surface area (Å²) >= 11 is 0. The Morgan fingerprint density at radius 1 is 1.24 bits per heavy atom. The summed E-state index contributed by atoms with van der Waals surface area (Å²) in [5.41, 5.74) is 2.45. The summed E-state index contributed by atoms with van der Waals surface area (Å²) in [5, 5.41) is 6.97. The molecule has 1 heterocycles. The smallest absolute Gasteiger partial charge is 0.150 e. The van der Waals surface area contributed by atoms with Gasteiger partial charge >= 0.3 is 0 Å². The van der Waals surface area contributed by atoms with Gasteiger partial charge in [0.05, 0.1) is 12.2 Å². The minimum atomic E-state index is -0.167. The normalized spacial score (nSPS) is 10.8. The van der Waals surface area contributed by atoms with Gasteiger partial charge in [0, 0.05) is 12.6 Å². The average Bonchev–Trinajstić information content (AvgIpc) is 2.70. The third-order valence-corrected chi connectivity index (χ3v) is 2.54. The van der Waals surface area contributed by atoms with E-state index in [0.717, 1.165) is 17.0 Å². The highest BCUT2D eigenvalue weighted by molar-refractivity contribution is 5.23. The summed E-state index contributed by atoms with van der Waals surface area (Å²) < 4.78 is 18.3. The molecule has 1 aromatic heterocycles. The molecule has 0 saturated carbocycles. The van der Waals surface area contributed by atoms with Crippen molar-refractivity contribution in [1.29, 1.82) is 0 Å². The van der Waals surface area contributed by atoms with Crippen LogP contribution in [-0.4, -0.2) is 5.16 Å². The second-order valence-corrected chi connectivity index (χ2v) is 4.12. The lowest BCUT2D eigenvalue weighted by Crippen LogP contribution is -2.12. The molecule has 0 saturated heterocycles. The summed E-state index contributed by atoms with van der Waals surface area (Å²) in [6.07, 6.45) is 0. The van der Waals surface area contributed by atoms with Crippen LogP contribution in [0.4, 0.5) is 4.39 Å². The Balaban J connectivity index is 1.87. The second kappa shape index (κ2) is 5.10. The van der Waals surface area contributed by atoms with E-state index in [1.807, 2.05) is 19.1 Å². The SMILES string of the molecule is Cc1cc(CNCc2ccc(C)c(F)c2)on1. The Bertz CT molecular complexity index is 508. The molecule has 0 amide bonds. The van der Waals surface area contributed by atoms with Crippen LogP contribution in [0.1, 0.15) is 22.6 Å². The third-order valence-electron chi connectivity index (χ3n) is 2.54. The van der Waals surface area contributed by atoms with Crippen LogP contribution in [0.15, 0.2) is 28.8 Å². The Morgan fingerprint density at radius 3 is 2.71 bits per heavy atom. The Kier molecular flexibility index (Phi) is 3.54. The van der Waals surface area contributed by atoms with Crippen LogP contribution in [-0.2, 0) is 13.1 Å². The predicted octanol–water partition coefficient (Wildman–Crippen LogP) is 2.72. The quantitative estimate of drug-likeness (QED) is 0.883. The monoisotopic (exact) mass is 234 g/mol. The molecule has 0 fully saturated rings. The van der Waals surface area contributed by atoms with Gasteiger partial charge in [-0.05, 0) is 31.0 Å². The van der Waals surface area contributed by atoms with E-state index in [1.54, 1.807) is 19.1 Å². The van der Waals surface area contributed by atoms with E-state index in [-0.39, 0.29) is 5.82 Å². The third kappa shape index (κ3) is 3.14. The molecule has 0 radical (unpaired) electrons. The maximum atomic E-state index is 13.3. The minimum absolute atomic E-state index is 0.167. The standard InChI is InChI=1S/C13H15FN2O/c1-9-3-4-11(6-13(9)14)7-15-8-12-5-10(2)16-17-12/h3-6,15H,7-8H2,1-2H3. The van der Waals surface area contributed by atoms with E-state index < -0.39 is 0 Å². The summed E-state index contributed by atoms with van der Waals surface area (Å²) in [6.45, 7) is 4.83. The van der Waals surface area contributed by atoms with E-state index in [1.165, 1.54) is 0 Å². The van der Waals surface area contributed by atoms with Crippen molar-refractivity contribution in [2.24, 2.45) is 0 Å². The van der Waals surface area contributed by atoms with Gasteiger partial charge in [0.2, 0.25) is 0 Å². The molecule has 0 spiro atoms. The number of halogens is 1. The predicted molar refractivity (Wildman–Crippen MR) is 62.9 cm³/mol. The van der Waals surface area contributed by atoms with Crippen molar-refractivity contribution >= 4 is 0 Å². The highest BCUT2D eigenvalue weighted by Crippen LogP contribution is 2.09. The van der Waals surface area contributed by atoms with Crippen LogP contribution < -0.4 is 5.32 Å². The number of hydrogen-bond donors (Lipinski definition) is 1. The van der Waals surface area contributed by atoms with Crippen molar-refractivity contribution in [2.75, 3.05) is 0 Å². The first-order valence-corrected chi connectivity index (χ1v) is 5.53. The molecule has 90 valence electrons. The van der Waals surface area contributed by atoms with Crippen LogP contribution in [0, 0.1) is 19.7 Å². The zero-order chi connectivity index (χ0) is 12.3. The number of rotatable bonds is 4. The molecule has 0 aliphatic heterocycles. The lowest BCUT2D eigenvalue weighted by Gasteiger charge is -2.04. The number of nitrogens with one attached hydrogen (secondary N) is 1. The molecule has 17 heavy (non-hydrogen) atoms. The maximum Gasteiger partial charge on any atom is 0.150 e. The maximum absolute atomic E-state index is 13.3. The lowest BCUT2D eigenvalue weighted by molar-refractivity contribution is 0.369. The molecule has 2 rings (SSSR count). The molecule has 3 nitrogen and oxygen atoms in total. The first kappa shape index (κ1) is 11.8. The van der Waals surface area contributed by atoms with Crippen LogP contribution in [0.5, 0.6) is 0 Å². The van der Waals surface area contributed by atoms with Gasteiger partial charge in [-0.2, -0.15) is 0 Å². The van der Waals surface area contributed by atoms with Crippen molar-refractivity contribution in [3.8, 4) is 0 Å². The molecular formula is C13H15FN2O. The van der Waals surface area contributed by atoms with Crippen LogP contribution in [0.3, 0.4) is 0 Å². The van der Waals surface area contributed by atoms with Gasteiger partial charge in [-0.15, -0.1) is 0 Å². The zero-order valence-electron chi connectivity index (χ0n) is 9.96. The van der Waals surface area contributed by atoms with Crippen LogP contribution in [0.25, 0.3) is 0 Å². The lowest BCUT2D eigenvalue weighted by atomic mass is 10.1. The Hall–Kier alpha value is -1.68. The molecule has 0 bridgehead atoms. The fourth-order valence-electron chi connectivity index (χ4n) is 1.58. The van der Waals surface area contributed by atoms with Crippen molar-refractivity contribution < 1.29 is 8.91 Å². The number of hydrogen-bond acceptors (Lipinski definition) is 3. The van der Waals surface area contributed by atoms with Crippen molar-refractivity contribution in [3.63, 3.8) is 0 Å². The molecule has 0 unspecified atom stereocenters. The molecule has 1 N–H and O–H groups in total. The molecule has 1 aromatic carbocycles. The van der Waals surface area contributed by atoms with E-state index in [9.17, 15) is 4.39 Å². The van der Waals surface area contributed by atoms with E-state index in [2.05, 4.69) is 10.5 Å². The molecule has 0 atom stereocenters. The molecule has 4 heteroatoms. The average molecular weight is 234 g/mol. The van der Waals surface area contributed by atoms with Gasteiger partial charge in [0.1, 0.15) is 5.82 Å². The zero-order valence-corrected chi connectivity index (χ0v) is 9.96. The van der Waals surface area contributed by atoms with Gasteiger partial charge in [-0.3, -0.25) is 0 Å². The summed E-state index contributed by atoms with van der Waals surface area (Å²) in [5.74, 6) is 0.620. The molecule has 0 aliphatic rings. The van der Waals surface area contributed by atoms with E-state index in [0.29, 0.717) is 18.7 Å². The summed E-state index contributed by atoms with van der Waals surface area (Å²) in [4.78, 5) is 0. The van der Waals surface area contributed by atoms with Crippen molar-refractivity contribution in [1.82, 2.24) is 10.5 Å². The summed E-state index contributed by atoms with van der Waals surface area (Å²) in [6, 6.07) is 7.12. The molecule has 0 aliphatic carbocycles. The second-order valence-electron chi connectivity index (χ2n) is 4.12. The highest BCUT2D eigenvalue weighted by atomic mass is 19.1. The molecule has 2 aromatic rings. The van der Waals surface area contributed by atoms with Gasteiger partial charge in [-0.1, -0.05) is 17.3 Å². The highest BCUT2D eigenvalue weighted by Gasteiger charge is 2.02. The number of benzene rings is 1. The number of aryl methyl sites for hydroxylation is 2. The first-order valence-electron chi connectivity index (χ1n) is 5.53. The van der Waals surface area contributed by atoms with Gasteiger partial charge < -0.3 is 9.84 Å². The van der Waals surface area contributed by atoms with Gasteiger partial charge in [0.25, 0.3) is 0 Å². The largest absolute Gasteiger partial charge is 0.360 e. The fraction of sp³-hybridized carbons (Fsp3) is 0.308. The Labute approximate surface area is 99.6 Å². The number of aromatic nitrogens is 1. The first-order chi connectivity index (χ1) is 8.15.